The van der Waals surface area contributed by atoms with Gasteiger partial charge in [0.1, 0.15) is 5.82 Å². The van der Waals surface area contributed by atoms with Crippen LogP contribution < -0.4 is 5.73 Å². The van der Waals surface area contributed by atoms with Crippen molar-refractivity contribution in [2.45, 2.75) is 51.5 Å². The minimum Gasteiger partial charge on any atom is -0.327 e. The fraction of sp³-hybridized carbons (Fsp3) is 0.625. The number of benzene rings is 1. The van der Waals surface area contributed by atoms with Crippen molar-refractivity contribution in [1.82, 2.24) is 0 Å². The fourth-order valence-electron chi connectivity index (χ4n) is 3.13. The lowest BCUT2D eigenvalue weighted by Gasteiger charge is -2.32. The predicted octanol–water partition coefficient (Wildman–Crippen LogP) is 4.67. The van der Waals surface area contributed by atoms with E-state index in [1.807, 2.05) is 6.07 Å². The number of halogens is 2. The van der Waals surface area contributed by atoms with E-state index in [-0.39, 0.29) is 11.9 Å². The van der Waals surface area contributed by atoms with E-state index >= 15 is 0 Å². The van der Waals surface area contributed by atoms with Gasteiger partial charge < -0.3 is 5.73 Å². The van der Waals surface area contributed by atoms with Gasteiger partial charge in [-0.1, -0.05) is 48.2 Å². The van der Waals surface area contributed by atoms with Gasteiger partial charge in [-0.15, -0.1) is 0 Å². The van der Waals surface area contributed by atoms with Crippen molar-refractivity contribution in [1.29, 1.82) is 0 Å². The van der Waals surface area contributed by atoms with Gasteiger partial charge in [-0.05, 0) is 48.8 Å². The van der Waals surface area contributed by atoms with Gasteiger partial charge in [0.2, 0.25) is 0 Å². The van der Waals surface area contributed by atoms with Crippen LogP contribution in [0.5, 0.6) is 0 Å². The van der Waals surface area contributed by atoms with Crippen LogP contribution in [0.15, 0.2) is 22.7 Å². The monoisotopic (exact) mass is 327 g/mol. The Morgan fingerprint density at radius 2 is 2.00 bits per heavy atom. The van der Waals surface area contributed by atoms with Crippen molar-refractivity contribution in [3.8, 4) is 0 Å². The second kappa shape index (κ2) is 6.85. The van der Waals surface area contributed by atoms with Gasteiger partial charge in [-0.3, -0.25) is 0 Å². The molecule has 0 heterocycles. The van der Waals surface area contributed by atoms with E-state index in [0.29, 0.717) is 5.92 Å². The van der Waals surface area contributed by atoms with Crippen LogP contribution in [0, 0.1) is 17.7 Å². The third-order valence-electron chi connectivity index (χ3n) is 4.54. The van der Waals surface area contributed by atoms with E-state index in [1.54, 1.807) is 0 Å². The lowest BCUT2D eigenvalue weighted by atomic mass is 9.76. The largest absolute Gasteiger partial charge is 0.327 e. The van der Waals surface area contributed by atoms with E-state index in [0.717, 1.165) is 22.4 Å². The van der Waals surface area contributed by atoms with Crippen LogP contribution in [0.25, 0.3) is 0 Å². The van der Waals surface area contributed by atoms with Gasteiger partial charge in [0.05, 0.1) is 0 Å². The fourth-order valence-corrected chi connectivity index (χ4v) is 3.65. The first-order valence-corrected chi connectivity index (χ1v) is 8.09. The molecule has 1 nitrogen and oxygen atoms in total. The van der Waals surface area contributed by atoms with Crippen molar-refractivity contribution in [3.63, 3.8) is 0 Å². The molecule has 1 atom stereocenters. The summed E-state index contributed by atoms with van der Waals surface area (Å²) < 4.78 is 13.9. The first-order valence-electron chi connectivity index (χ1n) is 7.29. The molecule has 1 fully saturated rings. The smallest absolute Gasteiger partial charge is 0.124 e. The highest BCUT2D eigenvalue weighted by Crippen LogP contribution is 2.33. The summed E-state index contributed by atoms with van der Waals surface area (Å²) in [5.74, 6) is 1.33. The molecule has 0 aliphatic heterocycles. The molecule has 2 N–H and O–H groups in total. The molecule has 1 unspecified atom stereocenters. The lowest BCUT2D eigenvalue weighted by Crippen LogP contribution is -2.35. The summed E-state index contributed by atoms with van der Waals surface area (Å²) in [5.41, 5.74) is 7.48. The van der Waals surface area contributed by atoms with E-state index in [4.69, 9.17) is 5.73 Å². The number of nitrogens with two attached hydrogens (primary N) is 1. The molecule has 1 saturated carbocycles. The molecule has 19 heavy (non-hydrogen) atoms. The highest BCUT2D eigenvalue weighted by Gasteiger charge is 2.25. The first-order chi connectivity index (χ1) is 9.10. The molecule has 0 spiro atoms. The molecular formula is C16H23BrFN. The summed E-state index contributed by atoms with van der Waals surface area (Å²) in [5, 5.41) is 0. The lowest BCUT2D eigenvalue weighted by molar-refractivity contribution is 0.238. The molecule has 3 heteroatoms. The maximum Gasteiger partial charge on any atom is 0.124 e. The van der Waals surface area contributed by atoms with Gasteiger partial charge >= 0.3 is 0 Å². The van der Waals surface area contributed by atoms with Crippen LogP contribution in [-0.2, 0) is 6.42 Å². The first kappa shape index (κ1) is 15.0. The van der Waals surface area contributed by atoms with Crippen LogP contribution in [-0.4, -0.2) is 6.04 Å². The molecule has 1 aliphatic carbocycles. The van der Waals surface area contributed by atoms with Gasteiger partial charge in [-0.25, -0.2) is 4.39 Å². The summed E-state index contributed by atoms with van der Waals surface area (Å²) in [6.45, 7) is 2.28. The van der Waals surface area contributed by atoms with Crippen LogP contribution >= 0.6 is 15.9 Å². The summed E-state index contributed by atoms with van der Waals surface area (Å²) >= 11 is 3.42. The summed E-state index contributed by atoms with van der Waals surface area (Å²) in [4.78, 5) is 0. The molecule has 0 bridgehead atoms. The molecule has 2 rings (SSSR count). The van der Waals surface area contributed by atoms with Gasteiger partial charge in [0.15, 0.2) is 0 Å². The van der Waals surface area contributed by atoms with Crippen LogP contribution in [0.1, 0.15) is 44.6 Å². The highest BCUT2D eigenvalue weighted by atomic mass is 79.9. The van der Waals surface area contributed by atoms with E-state index in [2.05, 4.69) is 22.9 Å². The predicted molar refractivity (Wildman–Crippen MR) is 81.5 cm³/mol. The number of hydrogen-bond acceptors (Lipinski definition) is 1. The normalized spacial score (nSPS) is 25.3. The van der Waals surface area contributed by atoms with Gasteiger partial charge in [0, 0.05) is 10.5 Å². The quantitative estimate of drug-likeness (QED) is 0.854. The maximum absolute atomic E-state index is 13.1. The molecule has 1 aromatic carbocycles. The minimum atomic E-state index is -0.201. The third kappa shape index (κ3) is 4.03. The Kier molecular flexibility index (Phi) is 5.40. The zero-order chi connectivity index (χ0) is 13.8. The van der Waals surface area contributed by atoms with Crippen LogP contribution in [0.3, 0.4) is 0 Å². The molecule has 106 valence electrons. The van der Waals surface area contributed by atoms with Gasteiger partial charge in [-0.2, -0.15) is 0 Å². The van der Waals surface area contributed by atoms with E-state index < -0.39 is 0 Å². The van der Waals surface area contributed by atoms with Crippen molar-refractivity contribution >= 4 is 15.9 Å². The summed E-state index contributed by atoms with van der Waals surface area (Å²) in [7, 11) is 0. The molecule has 1 aliphatic rings. The van der Waals surface area contributed by atoms with Crippen LogP contribution in [0.2, 0.25) is 0 Å². The molecule has 0 saturated heterocycles. The summed E-state index contributed by atoms with van der Waals surface area (Å²) in [6.07, 6.45) is 7.27. The Balaban J connectivity index is 1.92. The molecular weight excluding hydrogens is 305 g/mol. The molecule has 0 radical (unpaired) electrons. The zero-order valence-electron chi connectivity index (χ0n) is 11.5. The number of hydrogen-bond donors (Lipinski definition) is 1. The van der Waals surface area contributed by atoms with Crippen molar-refractivity contribution < 1.29 is 4.39 Å². The third-order valence-corrected chi connectivity index (χ3v) is 5.28. The Hall–Kier alpha value is -0.410. The highest BCUT2D eigenvalue weighted by molar-refractivity contribution is 9.10. The summed E-state index contributed by atoms with van der Waals surface area (Å²) in [6, 6.07) is 5.08. The SMILES string of the molecule is CCC1CCC(C(N)Cc2ccc(F)cc2Br)CC1. The van der Waals surface area contributed by atoms with Crippen molar-refractivity contribution in [2.75, 3.05) is 0 Å². The Labute approximate surface area is 123 Å². The van der Waals surface area contributed by atoms with E-state index in [9.17, 15) is 4.39 Å². The Bertz CT molecular complexity index is 413. The van der Waals surface area contributed by atoms with Crippen LogP contribution in [0.4, 0.5) is 4.39 Å². The molecule has 0 aromatic heterocycles. The standard InChI is InChI=1S/C16H23BrFN/c1-2-11-3-5-12(6-4-11)16(19)9-13-7-8-14(18)10-15(13)17/h7-8,10-12,16H,2-6,9,19H2,1H3. The molecule has 0 amide bonds. The Morgan fingerprint density at radius 3 is 2.58 bits per heavy atom. The van der Waals surface area contributed by atoms with Crippen molar-refractivity contribution in [2.24, 2.45) is 17.6 Å². The second-order valence-corrected chi connectivity index (χ2v) is 6.65. The zero-order valence-corrected chi connectivity index (χ0v) is 13.1. The number of rotatable bonds is 4. The average molecular weight is 328 g/mol. The topological polar surface area (TPSA) is 26.0 Å². The van der Waals surface area contributed by atoms with E-state index in [1.165, 1.54) is 44.2 Å². The van der Waals surface area contributed by atoms with Crippen molar-refractivity contribution in [3.05, 3.63) is 34.1 Å². The maximum atomic E-state index is 13.1. The average Bonchev–Trinajstić information content (AvgIpc) is 2.42. The minimum absolute atomic E-state index is 0.194. The second-order valence-electron chi connectivity index (χ2n) is 5.79. The van der Waals surface area contributed by atoms with Gasteiger partial charge in [0.25, 0.3) is 0 Å². The molecule has 1 aromatic rings. The Morgan fingerprint density at radius 1 is 1.32 bits per heavy atom.